The van der Waals surface area contributed by atoms with Gasteiger partial charge in [-0.3, -0.25) is 0 Å². The number of hydrogen-bond acceptors (Lipinski definition) is 4. The standard InChI is InChI=1S/C23H17ClF2N2O2/c24-16-9-5-14(6-10-16)19-13-20-18-3-1-2-4-21(18)30-22(28(20)27-19)15-7-11-17(12-8-15)29-23(25)26/h1-12,20,22-23H,13H2/t20-,22-/m1/s1. The monoisotopic (exact) mass is 426 g/mol. The zero-order valence-electron chi connectivity index (χ0n) is 15.7. The second-order valence-corrected chi connectivity index (χ2v) is 7.55. The zero-order valence-corrected chi connectivity index (χ0v) is 16.5. The summed E-state index contributed by atoms with van der Waals surface area (Å²) >= 11 is 6.03. The summed E-state index contributed by atoms with van der Waals surface area (Å²) in [5.74, 6) is 0.900. The zero-order chi connectivity index (χ0) is 20.7. The average molecular weight is 427 g/mol. The molecule has 3 aromatic rings. The molecule has 0 saturated carbocycles. The van der Waals surface area contributed by atoms with Crippen molar-refractivity contribution >= 4 is 17.3 Å². The summed E-state index contributed by atoms with van der Waals surface area (Å²) in [6.07, 6.45) is 0.251. The van der Waals surface area contributed by atoms with Crippen LogP contribution in [0.15, 0.2) is 77.9 Å². The molecule has 0 aliphatic carbocycles. The van der Waals surface area contributed by atoms with Gasteiger partial charge in [-0.05, 0) is 48.0 Å². The van der Waals surface area contributed by atoms with E-state index in [1.807, 2.05) is 53.5 Å². The predicted octanol–water partition coefficient (Wildman–Crippen LogP) is 6.18. The summed E-state index contributed by atoms with van der Waals surface area (Å²) in [5.41, 5.74) is 3.82. The van der Waals surface area contributed by atoms with Crippen molar-refractivity contribution in [2.24, 2.45) is 5.10 Å². The van der Waals surface area contributed by atoms with E-state index in [0.717, 1.165) is 34.6 Å². The minimum atomic E-state index is -2.86. The SMILES string of the molecule is FC(F)Oc1ccc([C@H]2Oc3ccccc3[C@H]3CC(c4ccc(Cl)cc4)=NN32)cc1. The molecule has 0 N–H and O–H groups in total. The van der Waals surface area contributed by atoms with Crippen LogP contribution in [0.25, 0.3) is 0 Å². The van der Waals surface area contributed by atoms with Gasteiger partial charge in [0.1, 0.15) is 11.5 Å². The highest BCUT2D eigenvalue weighted by Crippen LogP contribution is 2.47. The minimum absolute atomic E-state index is 0.0163. The molecule has 0 unspecified atom stereocenters. The number of nitrogens with zero attached hydrogens (tertiary/aromatic N) is 2. The van der Waals surface area contributed by atoms with Crippen molar-refractivity contribution in [2.75, 3.05) is 0 Å². The van der Waals surface area contributed by atoms with Crippen LogP contribution in [0, 0.1) is 0 Å². The number of rotatable bonds is 4. The first-order chi connectivity index (χ1) is 14.6. The number of fused-ring (bicyclic) bond motifs is 3. The number of para-hydroxylation sites is 1. The van der Waals surface area contributed by atoms with E-state index >= 15 is 0 Å². The lowest BCUT2D eigenvalue weighted by Gasteiger charge is -2.38. The number of hydrazone groups is 1. The molecule has 3 aromatic carbocycles. The quantitative estimate of drug-likeness (QED) is 0.499. The van der Waals surface area contributed by atoms with Crippen molar-refractivity contribution in [1.82, 2.24) is 5.01 Å². The summed E-state index contributed by atoms with van der Waals surface area (Å²) in [7, 11) is 0. The van der Waals surface area contributed by atoms with Gasteiger partial charge in [0.25, 0.3) is 0 Å². The van der Waals surface area contributed by atoms with Crippen LogP contribution in [0.4, 0.5) is 8.78 Å². The van der Waals surface area contributed by atoms with Gasteiger partial charge in [0.05, 0.1) is 11.8 Å². The van der Waals surface area contributed by atoms with Gasteiger partial charge < -0.3 is 9.47 Å². The van der Waals surface area contributed by atoms with Crippen LogP contribution in [0.1, 0.15) is 35.4 Å². The van der Waals surface area contributed by atoms with E-state index in [-0.39, 0.29) is 11.8 Å². The Morgan fingerprint density at radius 2 is 1.73 bits per heavy atom. The van der Waals surface area contributed by atoms with Crippen LogP contribution in [0.2, 0.25) is 5.02 Å². The van der Waals surface area contributed by atoms with Gasteiger partial charge in [-0.1, -0.05) is 41.9 Å². The average Bonchev–Trinajstić information content (AvgIpc) is 3.20. The highest BCUT2D eigenvalue weighted by molar-refractivity contribution is 6.30. The molecular formula is C23H17ClF2N2O2. The fraction of sp³-hybridized carbons (Fsp3) is 0.174. The van der Waals surface area contributed by atoms with E-state index in [4.69, 9.17) is 21.4 Å². The molecule has 152 valence electrons. The molecule has 0 fully saturated rings. The van der Waals surface area contributed by atoms with E-state index in [1.54, 1.807) is 12.1 Å². The second-order valence-electron chi connectivity index (χ2n) is 7.11. The van der Waals surface area contributed by atoms with Crippen LogP contribution >= 0.6 is 11.6 Å². The van der Waals surface area contributed by atoms with Crippen molar-refractivity contribution in [3.63, 3.8) is 0 Å². The molecule has 0 radical (unpaired) electrons. The number of alkyl halides is 2. The number of hydrogen-bond donors (Lipinski definition) is 0. The normalized spacial score (nSPS) is 19.7. The van der Waals surface area contributed by atoms with E-state index in [2.05, 4.69) is 4.74 Å². The van der Waals surface area contributed by atoms with Gasteiger partial charge in [-0.25, -0.2) is 5.01 Å². The van der Waals surface area contributed by atoms with Crippen molar-refractivity contribution in [2.45, 2.75) is 25.3 Å². The molecule has 2 aliphatic rings. The smallest absolute Gasteiger partial charge is 0.387 e. The van der Waals surface area contributed by atoms with Crippen LogP contribution < -0.4 is 9.47 Å². The Morgan fingerprint density at radius 1 is 1.00 bits per heavy atom. The Kier molecular flexibility index (Phi) is 4.79. The summed E-state index contributed by atoms with van der Waals surface area (Å²) in [5, 5.41) is 7.48. The minimum Gasteiger partial charge on any atom is -0.464 e. The van der Waals surface area contributed by atoms with E-state index in [0.29, 0.717) is 5.02 Å². The molecule has 0 saturated heterocycles. The van der Waals surface area contributed by atoms with Crippen molar-refractivity contribution in [3.8, 4) is 11.5 Å². The number of benzene rings is 3. The van der Waals surface area contributed by atoms with E-state index < -0.39 is 12.8 Å². The summed E-state index contributed by atoms with van der Waals surface area (Å²) in [6, 6.07) is 22.0. The lowest BCUT2D eigenvalue weighted by Crippen LogP contribution is -2.33. The number of halogens is 3. The maximum Gasteiger partial charge on any atom is 0.387 e. The van der Waals surface area contributed by atoms with Crippen LogP contribution in [0.3, 0.4) is 0 Å². The molecule has 0 spiro atoms. The molecule has 7 heteroatoms. The van der Waals surface area contributed by atoms with Gasteiger partial charge in [-0.2, -0.15) is 13.9 Å². The predicted molar refractivity (Wildman–Crippen MR) is 110 cm³/mol. The molecular weight excluding hydrogens is 410 g/mol. The largest absolute Gasteiger partial charge is 0.464 e. The highest BCUT2D eigenvalue weighted by Gasteiger charge is 2.40. The van der Waals surface area contributed by atoms with Crippen LogP contribution in [0.5, 0.6) is 11.5 Å². The van der Waals surface area contributed by atoms with Crippen molar-refractivity contribution in [3.05, 3.63) is 94.5 Å². The Hall–Kier alpha value is -3.12. The third-order valence-corrected chi connectivity index (χ3v) is 5.52. The maximum absolute atomic E-state index is 12.5. The summed E-state index contributed by atoms with van der Waals surface area (Å²) < 4.78 is 35.7. The highest BCUT2D eigenvalue weighted by atomic mass is 35.5. The summed E-state index contributed by atoms with van der Waals surface area (Å²) in [4.78, 5) is 0. The molecule has 5 rings (SSSR count). The molecule has 0 bridgehead atoms. The fourth-order valence-corrected chi connectivity index (χ4v) is 4.01. The van der Waals surface area contributed by atoms with Crippen LogP contribution in [-0.2, 0) is 0 Å². The van der Waals surface area contributed by atoms with Crippen molar-refractivity contribution in [1.29, 1.82) is 0 Å². The molecule has 2 heterocycles. The van der Waals surface area contributed by atoms with Gasteiger partial charge in [0, 0.05) is 22.6 Å². The number of ether oxygens (including phenoxy) is 2. The van der Waals surface area contributed by atoms with Gasteiger partial charge >= 0.3 is 6.61 Å². The van der Waals surface area contributed by atoms with Gasteiger partial charge in [-0.15, -0.1) is 0 Å². The molecule has 0 aromatic heterocycles. The van der Waals surface area contributed by atoms with E-state index in [1.165, 1.54) is 12.1 Å². The summed E-state index contributed by atoms with van der Waals surface area (Å²) in [6.45, 7) is -2.86. The lowest BCUT2D eigenvalue weighted by molar-refractivity contribution is -0.0499. The first kappa shape index (κ1) is 18.9. The third kappa shape index (κ3) is 3.48. The molecule has 30 heavy (non-hydrogen) atoms. The molecule has 2 atom stereocenters. The molecule has 2 aliphatic heterocycles. The van der Waals surface area contributed by atoms with Gasteiger partial charge in [0.15, 0.2) is 0 Å². The van der Waals surface area contributed by atoms with Gasteiger partial charge in [0.2, 0.25) is 6.23 Å². The maximum atomic E-state index is 12.5. The lowest BCUT2D eigenvalue weighted by atomic mass is 9.96. The Balaban J connectivity index is 1.51. The first-order valence-electron chi connectivity index (χ1n) is 9.50. The fourth-order valence-electron chi connectivity index (χ4n) is 3.88. The molecule has 0 amide bonds. The Bertz CT molecular complexity index is 1090. The Morgan fingerprint density at radius 3 is 2.47 bits per heavy atom. The first-order valence-corrected chi connectivity index (χ1v) is 9.88. The topological polar surface area (TPSA) is 34.1 Å². The molecule has 4 nitrogen and oxygen atoms in total. The second kappa shape index (κ2) is 7.61. The third-order valence-electron chi connectivity index (χ3n) is 5.27. The van der Waals surface area contributed by atoms with Crippen LogP contribution in [-0.4, -0.2) is 17.3 Å². The van der Waals surface area contributed by atoms with E-state index in [9.17, 15) is 8.78 Å². The Labute approximate surface area is 177 Å². The van der Waals surface area contributed by atoms with Crippen molar-refractivity contribution < 1.29 is 18.3 Å².